The number of nitrogens with one attached hydrogen (secondary N) is 2. The molecule has 1 saturated heterocycles. The Morgan fingerprint density at radius 3 is 3.00 bits per heavy atom. The molecule has 9 heteroatoms. The molecule has 2 bridgehead atoms. The van der Waals surface area contributed by atoms with Crippen molar-refractivity contribution in [1.29, 1.82) is 0 Å². The summed E-state index contributed by atoms with van der Waals surface area (Å²) in [7, 11) is 0. The lowest BCUT2D eigenvalue weighted by molar-refractivity contribution is 0.254. The van der Waals surface area contributed by atoms with Gasteiger partial charge in [0, 0.05) is 31.7 Å². The summed E-state index contributed by atoms with van der Waals surface area (Å²) in [6.07, 6.45) is 7.23. The van der Waals surface area contributed by atoms with Crippen LogP contribution in [0.2, 0.25) is 0 Å². The summed E-state index contributed by atoms with van der Waals surface area (Å²) < 4.78 is 0. The summed E-state index contributed by atoms with van der Waals surface area (Å²) in [5.41, 5.74) is 2.53. The van der Waals surface area contributed by atoms with Crippen molar-refractivity contribution in [3.63, 3.8) is 0 Å². The molecule has 2 aliphatic rings. The van der Waals surface area contributed by atoms with E-state index in [2.05, 4.69) is 30.4 Å². The highest BCUT2D eigenvalue weighted by Crippen LogP contribution is 2.40. The summed E-state index contributed by atoms with van der Waals surface area (Å²) >= 11 is 0. The molecular weight excluding hydrogens is 332 g/mol. The van der Waals surface area contributed by atoms with Crippen molar-refractivity contribution in [3.8, 4) is 11.4 Å². The Morgan fingerprint density at radius 1 is 1.23 bits per heavy atom. The van der Waals surface area contributed by atoms with Crippen LogP contribution in [0.25, 0.3) is 11.4 Å². The number of anilines is 3. The molecule has 0 radical (unpaired) electrons. The predicted molar refractivity (Wildman–Crippen MR) is 96.0 cm³/mol. The number of aromatic nitrogens is 5. The van der Waals surface area contributed by atoms with Gasteiger partial charge >= 0.3 is 6.03 Å². The monoisotopic (exact) mass is 348 g/mol. The molecule has 0 spiro atoms. The minimum atomic E-state index is -0.243. The molecule has 5 rings (SSSR count). The van der Waals surface area contributed by atoms with Crippen molar-refractivity contribution < 1.29 is 4.79 Å². The zero-order chi connectivity index (χ0) is 17.5. The van der Waals surface area contributed by atoms with Crippen molar-refractivity contribution in [1.82, 2.24) is 25.1 Å². The first-order valence-corrected chi connectivity index (χ1v) is 8.41. The highest BCUT2D eigenvalue weighted by atomic mass is 16.2. The number of nitrogens with zero attached hydrogens (tertiary/aromatic N) is 6. The first-order chi connectivity index (χ1) is 12.8. The number of H-pyrrole nitrogens is 1. The Bertz CT molecular complexity index is 943. The molecule has 130 valence electrons. The summed E-state index contributed by atoms with van der Waals surface area (Å²) in [4.78, 5) is 29.9. The molecule has 1 fully saturated rings. The second-order valence-electron chi connectivity index (χ2n) is 6.29. The van der Waals surface area contributed by atoms with Crippen LogP contribution in [-0.4, -0.2) is 50.3 Å². The van der Waals surface area contributed by atoms with Crippen LogP contribution in [0.1, 0.15) is 6.42 Å². The molecule has 2 amide bonds. The molecule has 3 aromatic heterocycles. The van der Waals surface area contributed by atoms with E-state index in [1.54, 1.807) is 23.5 Å². The third-order valence-corrected chi connectivity index (χ3v) is 4.75. The number of fused-ring (bicyclic) bond motifs is 4. The molecule has 26 heavy (non-hydrogen) atoms. The van der Waals surface area contributed by atoms with Gasteiger partial charge in [-0.1, -0.05) is 0 Å². The highest BCUT2D eigenvalue weighted by molar-refractivity contribution is 6.04. The Hall–Kier alpha value is -3.49. The zero-order valence-corrected chi connectivity index (χ0v) is 13.8. The maximum atomic E-state index is 13.0. The molecule has 1 unspecified atom stereocenters. The third-order valence-electron chi connectivity index (χ3n) is 4.75. The summed E-state index contributed by atoms with van der Waals surface area (Å²) in [5, 5.41) is 9.72. The van der Waals surface area contributed by atoms with E-state index in [4.69, 9.17) is 4.98 Å². The van der Waals surface area contributed by atoms with E-state index in [0.29, 0.717) is 11.6 Å². The van der Waals surface area contributed by atoms with Crippen molar-refractivity contribution in [2.24, 2.45) is 0 Å². The maximum Gasteiger partial charge on any atom is 0.329 e. The zero-order valence-electron chi connectivity index (χ0n) is 13.8. The number of aromatic amines is 1. The Balaban J connectivity index is 1.54. The molecule has 0 saturated carbocycles. The molecule has 2 aliphatic heterocycles. The van der Waals surface area contributed by atoms with Gasteiger partial charge in [-0.15, -0.1) is 0 Å². The standard InChI is InChI=1S/C17H16N8O/c26-17(22-15-9-18-6-7-19-15)25-11-4-8-24(10-11)14-2-1-12(21-16(14)25)13-3-5-20-23-13/h1-3,5-7,9,11H,4,8,10H2,(H,20,23)(H,19,22,26). The van der Waals surface area contributed by atoms with Crippen LogP contribution in [-0.2, 0) is 0 Å². The number of hydrogen-bond donors (Lipinski definition) is 2. The van der Waals surface area contributed by atoms with E-state index in [-0.39, 0.29) is 12.1 Å². The number of carbonyl (C=O) groups is 1. The second kappa shape index (κ2) is 5.80. The van der Waals surface area contributed by atoms with Crippen LogP contribution < -0.4 is 15.1 Å². The molecule has 0 aromatic carbocycles. The minimum absolute atomic E-state index is 0.0867. The molecule has 9 nitrogen and oxygen atoms in total. The lowest BCUT2D eigenvalue weighted by Gasteiger charge is -2.35. The number of amides is 2. The number of rotatable bonds is 2. The lowest BCUT2D eigenvalue weighted by atomic mass is 10.1. The van der Waals surface area contributed by atoms with Gasteiger partial charge in [-0.05, 0) is 24.6 Å². The molecular formula is C17H16N8O. The van der Waals surface area contributed by atoms with Crippen LogP contribution in [0.4, 0.5) is 22.1 Å². The number of carbonyl (C=O) groups excluding carboxylic acids is 1. The van der Waals surface area contributed by atoms with E-state index < -0.39 is 0 Å². The van der Waals surface area contributed by atoms with E-state index in [9.17, 15) is 4.79 Å². The molecule has 5 heterocycles. The summed E-state index contributed by atoms with van der Waals surface area (Å²) in [6, 6.07) is 5.67. The third kappa shape index (κ3) is 2.36. The van der Waals surface area contributed by atoms with E-state index in [1.165, 1.54) is 6.20 Å². The second-order valence-corrected chi connectivity index (χ2v) is 6.29. The Kier molecular flexibility index (Phi) is 3.30. The normalized spacial score (nSPS) is 17.9. The van der Waals surface area contributed by atoms with Gasteiger partial charge < -0.3 is 4.90 Å². The lowest BCUT2D eigenvalue weighted by Crippen LogP contribution is -2.48. The van der Waals surface area contributed by atoms with Crippen LogP contribution in [0, 0.1) is 0 Å². The van der Waals surface area contributed by atoms with Gasteiger partial charge in [-0.3, -0.25) is 20.3 Å². The van der Waals surface area contributed by atoms with E-state index in [0.717, 1.165) is 36.6 Å². The van der Waals surface area contributed by atoms with Crippen LogP contribution >= 0.6 is 0 Å². The fourth-order valence-corrected chi connectivity index (χ4v) is 3.55. The van der Waals surface area contributed by atoms with Crippen LogP contribution in [0.3, 0.4) is 0 Å². The highest BCUT2D eigenvalue weighted by Gasteiger charge is 2.40. The van der Waals surface area contributed by atoms with Gasteiger partial charge in [0.1, 0.15) is 0 Å². The van der Waals surface area contributed by atoms with Gasteiger partial charge in [-0.2, -0.15) is 5.10 Å². The van der Waals surface area contributed by atoms with Gasteiger partial charge in [0.15, 0.2) is 11.6 Å². The predicted octanol–water partition coefficient (Wildman–Crippen LogP) is 1.89. The van der Waals surface area contributed by atoms with E-state index >= 15 is 0 Å². The van der Waals surface area contributed by atoms with Crippen molar-refractivity contribution in [3.05, 3.63) is 43.0 Å². The van der Waals surface area contributed by atoms with Gasteiger partial charge in [-0.25, -0.2) is 14.8 Å². The average molecular weight is 348 g/mol. The fraction of sp³-hybridized carbons (Fsp3) is 0.235. The molecule has 3 aromatic rings. The van der Waals surface area contributed by atoms with Crippen molar-refractivity contribution >= 4 is 23.4 Å². The average Bonchev–Trinajstić information content (AvgIpc) is 3.33. The van der Waals surface area contributed by atoms with Crippen molar-refractivity contribution in [2.75, 3.05) is 28.2 Å². The minimum Gasteiger partial charge on any atom is -0.366 e. The number of pyridine rings is 1. The molecule has 2 N–H and O–H groups in total. The molecule has 1 atom stereocenters. The van der Waals surface area contributed by atoms with Crippen LogP contribution in [0.5, 0.6) is 0 Å². The number of urea groups is 1. The number of hydrogen-bond acceptors (Lipinski definition) is 6. The van der Waals surface area contributed by atoms with Crippen molar-refractivity contribution in [2.45, 2.75) is 12.5 Å². The Morgan fingerprint density at radius 2 is 2.19 bits per heavy atom. The molecule has 0 aliphatic carbocycles. The summed E-state index contributed by atoms with van der Waals surface area (Å²) in [6.45, 7) is 1.73. The maximum absolute atomic E-state index is 13.0. The fourth-order valence-electron chi connectivity index (χ4n) is 3.55. The van der Waals surface area contributed by atoms with Crippen LogP contribution in [0.15, 0.2) is 43.0 Å². The van der Waals surface area contributed by atoms with Gasteiger partial charge in [0.2, 0.25) is 0 Å². The largest absolute Gasteiger partial charge is 0.366 e. The SMILES string of the molecule is O=C(Nc1cnccn1)N1c2nc(-c3ccn[nH]3)ccc2N2CCC1C2. The smallest absolute Gasteiger partial charge is 0.329 e. The first-order valence-electron chi connectivity index (χ1n) is 8.41. The summed E-state index contributed by atoms with van der Waals surface area (Å²) in [5.74, 6) is 1.08. The van der Waals surface area contributed by atoms with E-state index in [1.807, 2.05) is 18.2 Å². The van der Waals surface area contributed by atoms with Gasteiger partial charge in [0.05, 0.1) is 29.3 Å². The quantitative estimate of drug-likeness (QED) is 0.733. The Labute approximate surface area is 149 Å². The first kappa shape index (κ1) is 14.8. The van der Waals surface area contributed by atoms with Gasteiger partial charge in [0.25, 0.3) is 0 Å². The topological polar surface area (TPSA) is 103 Å².